The number of aliphatic hydroxyl groups is 4. The lowest BCUT2D eigenvalue weighted by atomic mass is 10.00. The second-order valence-electron chi connectivity index (χ2n) is 14.3. The molecule has 0 aliphatic carbocycles. The van der Waals surface area contributed by atoms with Crippen molar-refractivity contribution >= 4 is 5.91 Å². The van der Waals surface area contributed by atoms with Gasteiger partial charge in [0, 0.05) is 0 Å². The minimum Gasteiger partial charge on any atom is -0.394 e. The maximum atomic E-state index is 12.4. The number of allylic oxidation sites excluding steroid dienone is 8. The second-order valence-corrected chi connectivity index (χ2v) is 14.3. The van der Waals surface area contributed by atoms with Crippen LogP contribution in [0.2, 0.25) is 0 Å². The summed E-state index contributed by atoms with van der Waals surface area (Å²) in [4.78, 5) is 12.4. The fourth-order valence-electron chi connectivity index (χ4n) is 6.08. The summed E-state index contributed by atoms with van der Waals surface area (Å²) in [6.45, 7) is 3.99. The first-order valence-electron chi connectivity index (χ1n) is 21.0. The van der Waals surface area contributed by atoms with Crippen molar-refractivity contribution in [2.45, 2.75) is 218 Å². The van der Waals surface area contributed by atoms with Gasteiger partial charge >= 0.3 is 0 Å². The van der Waals surface area contributed by atoms with Gasteiger partial charge in [-0.25, -0.2) is 0 Å². The Kier molecular flexibility index (Phi) is 37.2. The van der Waals surface area contributed by atoms with E-state index in [1.54, 1.807) is 0 Å². The summed E-state index contributed by atoms with van der Waals surface area (Å²) < 4.78 is 0. The maximum Gasteiger partial charge on any atom is 0.249 e. The summed E-state index contributed by atoms with van der Waals surface area (Å²) in [7, 11) is 0. The molecule has 0 aliphatic heterocycles. The quantitative estimate of drug-likeness (QED) is 0.0327. The van der Waals surface area contributed by atoms with E-state index in [4.69, 9.17) is 0 Å². The third-order valence-corrected chi connectivity index (χ3v) is 9.47. The summed E-state index contributed by atoms with van der Waals surface area (Å²) in [6.07, 6.45) is 45.7. The third-order valence-electron chi connectivity index (χ3n) is 9.47. The van der Waals surface area contributed by atoms with Crippen LogP contribution in [0.5, 0.6) is 0 Å². The van der Waals surface area contributed by atoms with Crippen LogP contribution in [0, 0.1) is 0 Å². The molecule has 292 valence electrons. The van der Waals surface area contributed by atoms with E-state index >= 15 is 0 Å². The molecule has 0 aromatic heterocycles. The van der Waals surface area contributed by atoms with Gasteiger partial charge in [0.2, 0.25) is 5.91 Å². The van der Waals surface area contributed by atoms with Gasteiger partial charge in [-0.2, -0.15) is 0 Å². The van der Waals surface area contributed by atoms with Crippen LogP contribution in [0.15, 0.2) is 48.6 Å². The molecule has 0 saturated heterocycles. The molecule has 0 spiro atoms. The molecule has 0 aromatic rings. The fourth-order valence-corrected chi connectivity index (χ4v) is 6.08. The molecule has 0 heterocycles. The largest absolute Gasteiger partial charge is 0.394 e. The number of hydrogen-bond donors (Lipinski definition) is 5. The minimum absolute atomic E-state index is 0.326. The van der Waals surface area contributed by atoms with Crippen LogP contribution in [-0.4, -0.2) is 57.3 Å². The van der Waals surface area contributed by atoms with Crippen molar-refractivity contribution in [2.75, 3.05) is 6.61 Å². The monoisotopic (exact) mass is 704 g/mol. The molecule has 0 bridgehead atoms. The molecule has 0 radical (unpaired) electrons. The Balaban J connectivity index is 3.87. The van der Waals surface area contributed by atoms with Gasteiger partial charge in [-0.15, -0.1) is 0 Å². The maximum absolute atomic E-state index is 12.4. The normalized spacial score (nSPS) is 14.8. The zero-order chi connectivity index (χ0) is 36.8. The number of unbranched alkanes of at least 4 members (excludes halogenated alkanes) is 20. The van der Waals surface area contributed by atoms with Crippen molar-refractivity contribution in [3.05, 3.63) is 48.6 Å². The molecule has 0 fully saturated rings. The summed E-state index contributed by atoms with van der Waals surface area (Å²) in [5.41, 5.74) is 0. The molecule has 0 rings (SSSR count). The van der Waals surface area contributed by atoms with E-state index < -0.39 is 36.9 Å². The average Bonchev–Trinajstić information content (AvgIpc) is 3.12. The van der Waals surface area contributed by atoms with Gasteiger partial charge in [-0.1, -0.05) is 152 Å². The van der Waals surface area contributed by atoms with Gasteiger partial charge in [0.25, 0.3) is 0 Å². The van der Waals surface area contributed by atoms with Gasteiger partial charge in [0.1, 0.15) is 12.2 Å². The zero-order valence-corrected chi connectivity index (χ0v) is 32.6. The Morgan fingerprint density at radius 3 is 1.26 bits per heavy atom. The molecule has 0 saturated carbocycles. The molecule has 5 N–H and O–H groups in total. The lowest BCUT2D eigenvalue weighted by Gasteiger charge is -2.27. The summed E-state index contributed by atoms with van der Waals surface area (Å²) in [5.74, 6) is -0.619. The van der Waals surface area contributed by atoms with Crippen LogP contribution in [-0.2, 0) is 4.79 Å². The van der Waals surface area contributed by atoms with Crippen LogP contribution in [0.4, 0.5) is 0 Å². The first-order valence-corrected chi connectivity index (χ1v) is 21.0. The van der Waals surface area contributed by atoms with Crippen molar-refractivity contribution in [1.82, 2.24) is 5.32 Å². The van der Waals surface area contributed by atoms with E-state index in [-0.39, 0.29) is 0 Å². The molecule has 0 aromatic carbocycles. The van der Waals surface area contributed by atoms with Crippen LogP contribution in [0.25, 0.3) is 0 Å². The van der Waals surface area contributed by atoms with E-state index in [9.17, 15) is 25.2 Å². The lowest BCUT2D eigenvalue weighted by molar-refractivity contribution is -0.132. The standard InChI is InChI=1S/C44H81NO5/c1-3-5-7-9-11-13-15-17-18-19-20-21-22-23-24-25-26-28-29-31-33-35-37-41(47)43(49)40(39-46)45-44(50)42(48)38-36-34-32-30-27-16-14-12-10-8-6-4-2/h20-21,24-25,27,29-31,40-43,46-49H,3-19,22-23,26,28,32-39H2,1-2H3,(H,45,50)/b21-20+,25-24+,30-27-,31-29+. The van der Waals surface area contributed by atoms with Crippen LogP contribution in [0.3, 0.4) is 0 Å². The van der Waals surface area contributed by atoms with Crippen molar-refractivity contribution in [3.63, 3.8) is 0 Å². The van der Waals surface area contributed by atoms with E-state index in [1.165, 1.54) is 103 Å². The van der Waals surface area contributed by atoms with Crippen molar-refractivity contribution in [1.29, 1.82) is 0 Å². The molecule has 1 amide bonds. The number of rotatable bonds is 37. The van der Waals surface area contributed by atoms with Crippen molar-refractivity contribution in [3.8, 4) is 0 Å². The molecule has 4 atom stereocenters. The lowest BCUT2D eigenvalue weighted by Crippen LogP contribution is -2.53. The molecule has 4 unspecified atom stereocenters. The van der Waals surface area contributed by atoms with Gasteiger partial charge in [-0.3, -0.25) is 4.79 Å². The van der Waals surface area contributed by atoms with Crippen molar-refractivity contribution in [2.24, 2.45) is 0 Å². The predicted molar refractivity (Wildman–Crippen MR) is 214 cm³/mol. The van der Waals surface area contributed by atoms with E-state index in [2.05, 4.69) is 67.8 Å². The average molecular weight is 704 g/mol. The summed E-state index contributed by atoms with van der Waals surface area (Å²) in [5, 5.41) is 43.5. The fraction of sp³-hybridized carbons (Fsp3) is 0.795. The Morgan fingerprint density at radius 2 is 0.840 bits per heavy atom. The number of carbonyl (C=O) groups excluding carboxylic acids is 1. The molecular weight excluding hydrogens is 622 g/mol. The Morgan fingerprint density at radius 1 is 0.480 bits per heavy atom. The van der Waals surface area contributed by atoms with Crippen LogP contribution >= 0.6 is 0 Å². The number of nitrogens with one attached hydrogen (secondary N) is 1. The second kappa shape index (κ2) is 38.5. The zero-order valence-electron chi connectivity index (χ0n) is 32.6. The first-order chi connectivity index (χ1) is 24.5. The highest BCUT2D eigenvalue weighted by molar-refractivity contribution is 5.80. The Hall–Kier alpha value is -1.73. The summed E-state index contributed by atoms with van der Waals surface area (Å²) in [6, 6.07) is -1.02. The van der Waals surface area contributed by atoms with Crippen molar-refractivity contribution < 1.29 is 25.2 Å². The molecular formula is C44H81NO5. The number of amides is 1. The highest BCUT2D eigenvalue weighted by Gasteiger charge is 2.28. The SMILES string of the molecule is CCCCCCCC/C=C\CCCCC(O)C(=O)NC(CO)C(O)C(O)CCC/C=C/CC/C=C/CC/C=C/CCCCCCCCCCC. The molecule has 6 nitrogen and oxygen atoms in total. The highest BCUT2D eigenvalue weighted by atomic mass is 16.3. The number of carbonyl (C=O) groups is 1. The molecule has 50 heavy (non-hydrogen) atoms. The summed E-state index contributed by atoms with van der Waals surface area (Å²) >= 11 is 0. The number of hydrogen-bond acceptors (Lipinski definition) is 5. The molecule has 0 aliphatic rings. The van der Waals surface area contributed by atoms with Gasteiger partial charge in [0.05, 0.1) is 18.8 Å². The first kappa shape index (κ1) is 48.3. The highest BCUT2D eigenvalue weighted by Crippen LogP contribution is 2.13. The van der Waals surface area contributed by atoms with Crippen LogP contribution in [0.1, 0.15) is 194 Å². The smallest absolute Gasteiger partial charge is 0.249 e. The third kappa shape index (κ3) is 32.2. The predicted octanol–water partition coefficient (Wildman–Crippen LogP) is 10.7. The molecule has 6 heteroatoms. The minimum atomic E-state index is -1.30. The van der Waals surface area contributed by atoms with Crippen LogP contribution < -0.4 is 5.32 Å². The number of aliphatic hydroxyl groups excluding tert-OH is 4. The van der Waals surface area contributed by atoms with E-state index in [0.29, 0.717) is 25.7 Å². The topological polar surface area (TPSA) is 110 Å². The van der Waals surface area contributed by atoms with Gasteiger partial charge < -0.3 is 25.7 Å². The van der Waals surface area contributed by atoms with Gasteiger partial charge in [0.15, 0.2) is 0 Å². The Bertz CT molecular complexity index is 838. The van der Waals surface area contributed by atoms with E-state index in [1.807, 2.05) is 0 Å². The van der Waals surface area contributed by atoms with E-state index in [0.717, 1.165) is 51.4 Å². The Labute approximate surface area is 309 Å². The van der Waals surface area contributed by atoms with Gasteiger partial charge in [-0.05, 0) is 89.9 Å².